The Bertz CT molecular complexity index is 1240. The molecule has 1 aromatic carbocycles. The molecule has 12 nitrogen and oxygen atoms in total. The van der Waals surface area contributed by atoms with Crippen LogP contribution in [0.2, 0.25) is 0 Å². The molecule has 1 atom stereocenters. The molecule has 0 aliphatic rings. The van der Waals surface area contributed by atoms with Gasteiger partial charge in [0.05, 0.1) is 39.4 Å². The van der Waals surface area contributed by atoms with Gasteiger partial charge in [0.15, 0.2) is 0 Å². The highest BCUT2D eigenvalue weighted by Crippen LogP contribution is 2.31. The molecule has 0 aliphatic heterocycles. The first-order chi connectivity index (χ1) is 19.7. The molecule has 3 aromatic rings. The van der Waals surface area contributed by atoms with Gasteiger partial charge in [0, 0.05) is 44.7 Å². The fourth-order valence-electron chi connectivity index (χ4n) is 3.56. The van der Waals surface area contributed by atoms with Gasteiger partial charge in [-0.05, 0) is 49.8 Å². The Labute approximate surface area is 241 Å². The number of nitrogens with zero attached hydrogens (tertiary/aromatic N) is 5. The normalized spacial score (nSPS) is 12.4. The smallest absolute Gasteiger partial charge is 0.407 e. The van der Waals surface area contributed by atoms with Crippen LogP contribution in [0.15, 0.2) is 48.8 Å². The number of hydrogen-bond acceptors (Lipinski definition) is 10. The Hall–Kier alpha value is -3.57. The topological polar surface area (TPSA) is 144 Å². The van der Waals surface area contributed by atoms with Crippen molar-refractivity contribution in [2.45, 2.75) is 32.6 Å². The van der Waals surface area contributed by atoms with Gasteiger partial charge in [0.2, 0.25) is 5.88 Å². The van der Waals surface area contributed by atoms with E-state index in [1.54, 1.807) is 36.3 Å². The van der Waals surface area contributed by atoms with E-state index in [1.165, 1.54) is 0 Å². The number of hydrogen-bond donors (Lipinski definition) is 3. The molecule has 0 spiro atoms. The number of aliphatic hydroxyl groups is 1. The summed E-state index contributed by atoms with van der Waals surface area (Å²) >= 11 is 0. The van der Waals surface area contributed by atoms with Crippen molar-refractivity contribution in [3.05, 3.63) is 65.6 Å². The number of rotatable bonds is 16. The Kier molecular flexibility index (Phi) is 12.5. The number of aliphatic hydroxyl groups excluding tert-OH is 1. The van der Waals surface area contributed by atoms with Gasteiger partial charge in [-0.1, -0.05) is 29.5 Å². The first-order valence-corrected chi connectivity index (χ1v) is 15.0. The number of pyridine rings is 1. The molecule has 0 saturated carbocycles. The highest BCUT2D eigenvalue weighted by molar-refractivity contribution is 7.51. The third-order valence-electron chi connectivity index (χ3n) is 6.01. The average Bonchev–Trinajstić information content (AvgIpc) is 3.44. The van der Waals surface area contributed by atoms with Crippen LogP contribution >= 0.6 is 8.15 Å². The van der Waals surface area contributed by atoms with Gasteiger partial charge in [-0.15, -0.1) is 5.10 Å². The van der Waals surface area contributed by atoms with Crippen LogP contribution in [-0.4, -0.2) is 88.2 Å². The molecular weight excluding hydrogens is 547 g/mol. The van der Waals surface area contributed by atoms with Gasteiger partial charge in [-0.25, -0.2) is 9.78 Å². The number of amides is 1. The average molecular weight is 587 g/mol. The second kappa shape index (κ2) is 16.0. The second-order valence-electron chi connectivity index (χ2n) is 9.83. The fraction of sp³-hybridized carbons (Fsp3) is 0.429. The SMILES string of the molecule is COP(C)COC(C)(C)CNC(=O)OCc1cn(CCN(CCO)c2ccc(/C=C/c3ccc(O)nc3)cc2)nn1. The van der Waals surface area contributed by atoms with Crippen LogP contribution in [0.25, 0.3) is 12.2 Å². The standard InChI is InChI=1S/C28H39N6O6P/c1-28(2,40-21-41(4)38-3)20-30-27(37)39-19-24-18-34(32-31-24)14-13-33(15-16-35)25-10-7-22(8-11-25)5-6-23-9-12-26(36)29-17-23/h5-12,17-18,35H,13-16,19-21H2,1-4H3,(H,29,36)(H,30,37)/b6-5+. The van der Waals surface area contributed by atoms with Crippen LogP contribution < -0.4 is 10.2 Å². The Morgan fingerprint density at radius 2 is 1.88 bits per heavy atom. The number of aromatic hydroxyl groups is 1. The van der Waals surface area contributed by atoms with Crippen LogP contribution in [-0.2, 0) is 27.1 Å². The van der Waals surface area contributed by atoms with Crippen LogP contribution in [0.4, 0.5) is 10.5 Å². The van der Waals surface area contributed by atoms with Gasteiger partial charge >= 0.3 is 6.09 Å². The molecule has 13 heteroatoms. The summed E-state index contributed by atoms with van der Waals surface area (Å²) in [5.74, 6) is -0.00995. The summed E-state index contributed by atoms with van der Waals surface area (Å²) in [6, 6.07) is 11.3. The molecule has 2 heterocycles. The van der Waals surface area contributed by atoms with Crippen LogP contribution in [0.3, 0.4) is 0 Å². The minimum Gasteiger partial charge on any atom is -0.493 e. The van der Waals surface area contributed by atoms with E-state index in [2.05, 4.69) is 25.5 Å². The lowest BCUT2D eigenvalue weighted by molar-refractivity contribution is 0.00797. The summed E-state index contributed by atoms with van der Waals surface area (Å²) in [7, 11) is 1.00. The summed E-state index contributed by atoms with van der Waals surface area (Å²) in [6.07, 6.45) is 7.14. The zero-order chi connectivity index (χ0) is 29.7. The summed E-state index contributed by atoms with van der Waals surface area (Å²) in [5.41, 5.74) is 2.83. The molecule has 0 aliphatic carbocycles. The van der Waals surface area contributed by atoms with Crippen molar-refractivity contribution in [1.29, 1.82) is 0 Å². The number of ether oxygens (including phenoxy) is 2. The molecule has 0 saturated heterocycles. The van der Waals surface area contributed by atoms with Gasteiger partial charge in [0.25, 0.3) is 0 Å². The minimum absolute atomic E-state index is 0.00735. The molecule has 0 radical (unpaired) electrons. The first kappa shape index (κ1) is 32.0. The minimum atomic E-state index is -0.647. The van der Waals surface area contributed by atoms with Gasteiger partial charge in [0.1, 0.15) is 12.3 Å². The number of carbonyl (C=O) groups is 1. The van der Waals surface area contributed by atoms with E-state index in [0.29, 0.717) is 38.2 Å². The van der Waals surface area contributed by atoms with E-state index in [-0.39, 0.29) is 19.1 Å². The summed E-state index contributed by atoms with van der Waals surface area (Å²) in [6.45, 7) is 7.63. The van der Waals surface area contributed by atoms with E-state index in [1.807, 2.05) is 56.9 Å². The van der Waals surface area contributed by atoms with Crippen molar-refractivity contribution in [1.82, 2.24) is 25.3 Å². The number of carbonyl (C=O) groups excluding carboxylic acids is 1. The predicted octanol–water partition coefficient (Wildman–Crippen LogP) is 3.70. The van der Waals surface area contributed by atoms with Gasteiger partial charge in [-0.2, -0.15) is 0 Å². The zero-order valence-electron chi connectivity index (χ0n) is 23.9. The van der Waals surface area contributed by atoms with Crippen LogP contribution in [0, 0.1) is 0 Å². The fourth-order valence-corrected chi connectivity index (χ4v) is 4.19. The maximum absolute atomic E-state index is 12.1. The number of alkyl carbamates (subject to hydrolysis) is 1. The number of benzene rings is 1. The van der Waals surface area contributed by atoms with Crippen molar-refractivity contribution in [3.63, 3.8) is 0 Å². The molecule has 1 amide bonds. The number of anilines is 1. The van der Waals surface area contributed by atoms with Crippen LogP contribution in [0.5, 0.6) is 5.88 Å². The maximum atomic E-state index is 12.1. The monoisotopic (exact) mass is 586 g/mol. The summed E-state index contributed by atoms with van der Waals surface area (Å²) < 4.78 is 18.0. The summed E-state index contributed by atoms with van der Waals surface area (Å²) in [5, 5.41) is 29.8. The Balaban J connectivity index is 1.45. The van der Waals surface area contributed by atoms with Crippen molar-refractivity contribution >= 4 is 32.1 Å². The van der Waals surface area contributed by atoms with E-state index in [9.17, 15) is 15.0 Å². The predicted molar refractivity (Wildman–Crippen MR) is 159 cm³/mol. The molecule has 3 N–H and O–H groups in total. The van der Waals surface area contributed by atoms with Crippen molar-refractivity contribution in [2.24, 2.45) is 0 Å². The lowest BCUT2D eigenvalue weighted by Gasteiger charge is -2.26. The molecule has 222 valence electrons. The Morgan fingerprint density at radius 3 is 2.56 bits per heavy atom. The number of nitrogens with one attached hydrogen (secondary N) is 1. The molecule has 2 aromatic heterocycles. The van der Waals surface area contributed by atoms with Gasteiger partial charge < -0.3 is 34.4 Å². The summed E-state index contributed by atoms with van der Waals surface area (Å²) in [4.78, 5) is 18.1. The van der Waals surface area contributed by atoms with E-state index >= 15 is 0 Å². The molecule has 0 fully saturated rings. The molecular formula is C28H39N6O6P. The third kappa shape index (κ3) is 11.4. The quantitative estimate of drug-likeness (QED) is 0.213. The maximum Gasteiger partial charge on any atom is 0.407 e. The van der Waals surface area contributed by atoms with Crippen molar-refractivity contribution in [2.75, 3.05) is 51.3 Å². The van der Waals surface area contributed by atoms with Crippen LogP contribution in [0.1, 0.15) is 30.7 Å². The highest BCUT2D eigenvalue weighted by atomic mass is 31.1. The van der Waals surface area contributed by atoms with E-state index in [4.69, 9.17) is 14.0 Å². The van der Waals surface area contributed by atoms with E-state index in [0.717, 1.165) is 16.8 Å². The lowest BCUT2D eigenvalue weighted by atomic mass is 10.1. The largest absolute Gasteiger partial charge is 0.493 e. The molecule has 41 heavy (non-hydrogen) atoms. The first-order valence-electron chi connectivity index (χ1n) is 13.2. The second-order valence-corrected chi connectivity index (χ2v) is 11.7. The third-order valence-corrected chi connectivity index (χ3v) is 7.13. The lowest BCUT2D eigenvalue weighted by Crippen LogP contribution is -2.40. The van der Waals surface area contributed by atoms with Crippen molar-refractivity contribution < 1.29 is 29.0 Å². The molecule has 0 bridgehead atoms. The van der Waals surface area contributed by atoms with Crippen molar-refractivity contribution in [3.8, 4) is 5.88 Å². The Morgan fingerprint density at radius 1 is 1.15 bits per heavy atom. The van der Waals surface area contributed by atoms with E-state index < -0.39 is 19.8 Å². The highest BCUT2D eigenvalue weighted by Gasteiger charge is 2.21. The zero-order valence-corrected chi connectivity index (χ0v) is 24.8. The molecule has 3 rings (SSSR count). The number of aromatic nitrogens is 4. The van der Waals surface area contributed by atoms with Gasteiger partial charge in [-0.3, -0.25) is 4.68 Å². The molecule has 1 unspecified atom stereocenters.